The molecule has 0 aromatic heterocycles. The monoisotopic (exact) mass is 382 g/mol. The molecular weight excluding hydrogens is 356 g/mol. The Morgan fingerprint density at radius 2 is 1.71 bits per heavy atom. The van der Waals surface area contributed by atoms with E-state index in [1.165, 1.54) is 25.3 Å². The molecule has 0 amide bonds. The first-order valence-corrected chi connectivity index (χ1v) is 10.3. The number of hydrogen-bond acceptors (Lipinski definition) is 5. The van der Waals surface area contributed by atoms with E-state index in [-0.39, 0.29) is 18.0 Å². The fourth-order valence-electron chi connectivity index (χ4n) is 6.29. The van der Waals surface area contributed by atoms with Gasteiger partial charge in [-0.1, -0.05) is 6.07 Å². The third-order valence-electron chi connectivity index (χ3n) is 7.03. The quantitative estimate of drug-likeness (QED) is 0.566. The molecule has 4 saturated carbocycles. The molecule has 4 bridgehead atoms. The van der Waals surface area contributed by atoms with Crippen molar-refractivity contribution in [3.8, 4) is 11.5 Å². The van der Waals surface area contributed by atoms with Crippen LogP contribution in [-0.2, 0) is 14.3 Å². The number of Topliss-reactive ketones (excluding diaryl/α,β-unsaturated/α-hetero) is 1. The van der Waals surface area contributed by atoms with Crippen molar-refractivity contribution < 1.29 is 23.8 Å². The lowest BCUT2D eigenvalue weighted by Gasteiger charge is -2.56. The Labute approximate surface area is 165 Å². The van der Waals surface area contributed by atoms with Crippen molar-refractivity contribution in [3.63, 3.8) is 0 Å². The lowest BCUT2D eigenvalue weighted by atomic mass is 9.48. The molecule has 1 aliphatic heterocycles. The first-order valence-electron chi connectivity index (χ1n) is 10.3. The first-order chi connectivity index (χ1) is 13.5. The zero-order valence-electron chi connectivity index (χ0n) is 16.2. The van der Waals surface area contributed by atoms with Gasteiger partial charge in [-0.15, -0.1) is 0 Å². The van der Waals surface area contributed by atoms with Crippen molar-refractivity contribution in [1.82, 2.24) is 0 Å². The minimum Gasteiger partial charge on any atom is -0.454 e. The first kappa shape index (κ1) is 17.8. The Kier molecular flexibility index (Phi) is 4.22. The van der Waals surface area contributed by atoms with Crippen LogP contribution in [-0.4, -0.2) is 24.6 Å². The number of rotatable bonds is 5. The lowest BCUT2D eigenvalue weighted by Crippen LogP contribution is -2.52. The Hall–Kier alpha value is -2.30. The topological polar surface area (TPSA) is 61.8 Å². The maximum atomic E-state index is 13.2. The van der Waals surface area contributed by atoms with E-state index in [0.29, 0.717) is 29.3 Å². The van der Waals surface area contributed by atoms with Crippen molar-refractivity contribution in [2.24, 2.45) is 23.2 Å². The van der Waals surface area contributed by atoms with E-state index in [1.54, 1.807) is 13.0 Å². The Morgan fingerprint density at radius 3 is 2.39 bits per heavy atom. The highest BCUT2D eigenvalue weighted by Gasteiger charge is 2.55. The van der Waals surface area contributed by atoms with Gasteiger partial charge in [0.1, 0.15) is 0 Å². The second kappa shape index (κ2) is 6.64. The van der Waals surface area contributed by atoms with Gasteiger partial charge in [0, 0.05) is 11.5 Å². The highest BCUT2D eigenvalue weighted by atomic mass is 16.7. The van der Waals surface area contributed by atoms with Gasteiger partial charge in [-0.2, -0.15) is 0 Å². The molecule has 0 saturated heterocycles. The lowest BCUT2D eigenvalue weighted by molar-refractivity contribution is -0.162. The highest BCUT2D eigenvalue weighted by molar-refractivity contribution is 5.93. The SMILES string of the molecule is CC(OC(=O)/C=C/c1ccc2c(c1)OCO2)C(=O)C12CC3CC(CC(C3)C1)C2. The molecule has 28 heavy (non-hydrogen) atoms. The zero-order chi connectivity index (χ0) is 19.3. The van der Waals surface area contributed by atoms with Gasteiger partial charge in [-0.3, -0.25) is 4.79 Å². The molecule has 148 valence electrons. The van der Waals surface area contributed by atoms with E-state index in [4.69, 9.17) is 14.2 Å². The fraction of sp³-hybridized carbons (Fsp3) is 0.565. The Bertz CT molecular complexity index is 804. The number of esters is 1. The summed E-state index contributed by atoms with van der Waals surface area (Å²) < 4.78 is 16.1. The number of carbonyl (C=O) groups excluding carboxylic acids is 2. The summed E-state index contributed by atoms with van der Waals surface area (Å²) >= 11 is 0. The molecule has 1 unspecified atom stereocenters. The van der Waals surface area contributed by atoms with E-state index < -0.39 is 12.1 Å². The van der Waals surface area contributed by atoms with Crippen LogP contribution < -0.4 is 9.47 Å². The number of fused-ring (bicyclic) bond motifs is 1. The van der Waals surface area contributed by atoms with Crippen molar-refractivity contribution >= 4 is 17.8 Å². The summed E-state index contributed by atoms with van der Waals surface area (Å²) in [7, 11) is 0. The van der Waals surface area contributed by atoms with E-state index >= 15 is 0 Å². The van der Waals surface area contributed by atoms with E-state index in [2.05, 4.69) is 0 Å². The van der Waals surface area contributed by atoms with Gasteiger partial charge in [0.15, 0.2) is 23.4 Å². The van der Waals surface area contributed by atoms with Gasteiger partial charge in [-0.25, -0.2) is 4.79 Å². The third-order valence-corrected chi connectivity index (χ3v) is 7.03. The van der Waals surface area contributed by atoms with Gasteiger partial charge < -0.3 is 14.2 Å². The molecule has 1 aromatic carbocycles. The fourth-order valence-corrected chi connectivity index (χ4v) is 6.29. The summed E-state index contributed by atoms with van der Waals surface area (Å²) in [6.07, 6.45) is 9.21. The predicted octanol–water partition coefficient (Wildman–Crippen LogP) is 4.15. The Morgan fingerprint density at radius 1 is 1.07 bits per heavy atom. The molecule has 5 nitrogen and oxygen atoms in total. The largest absolute Gasteiger partial charge is 0.454 e. The van der Waals surface area contributed by atoms with Crippen LogP contribution in [0.15, 0.2) is 24.3 Å². The summed E-state index contributed by atoms with van der Waals surface area (Å²) in [4.78, 5) is 25.5. The molecule has 0 spiro atoms. The van der Waals surface area contributed by atoms with Crippen molar-refractivity contribution in [1.29, 1.82) is 0 Å². The van der Waals surface area contributed by atoms with Crippen LogP contribution in [0.4, 0.5) is 0 Å². The molecule has 4 aliphatic carbocycles. The maximum Gasteiger partial charge on any atom is 0.331 e. The molecular formula is C23H26O5. The smallest absolute Gasteiger partial charge is 0.331 e. The molecule has 6 rings (SSSR count). The van der Waals surface area contributed by atoms with Crippen LogP contribution in [0.2, 0.25) is 0 Å². The summed E-state index contributed by atoms with van der Waals surface area (Å²) in [5.74, 6) is 3.12. The Balaban J connectivity index is 1.22. The average Bonchev–Trinajstić information content (AvgIpc) is 3.12. The third kappa shape index (κ3) is 3.11. The molecule has 0 radical (unpaired) electrons. The molecule has 1 aromatic rings. The summed E-state index contributed by atoms with van der Waals surface area (Å²) in [5, 5.41) is 0. The van der Waals surface area contributed by atoms with Crippen LogP contribution in [0.25, 0.3) is 6.08 Å². The average molecular weight is 382 g/mol. The van der Waals surface area contributed by atoms with Gasteiger partial charge >= 0.3 is 5.97 Å². The highest BCUT2D eigenvalue weighted by Crippen LogP contribution is 2.60. The standard InChI is InChI=1S/C23H26O5/c1-14(22(25)23-10-16-6-17(11-23)8-18(7-16)12-23)28-21(24)5-3-15-2-4-19-20(9-15)27-13-26-19/h2-5,9,14,16-18H,6-8,10-13H2,1H3/b5-3+. The molecule has 4 fully saturated rings. The molecule has 5 aliphatic rings. The van der Waals surface area contributed by atoms with Gasteiger partial charge in [0.25, 0.3) is 0 Å². The van der Waals surface area contributed by atoms with Crippen LogP contribution in [0, 0.1) is 23.2 Å². The van der Waals surface area contributed by atoms with Crippen molar-refractivity contribution in [2.75, 3.05) is 6.79 Å². The number of benzene rings is 1. The van der Waals surface area contributed by atoms with Crippen molar-refractivity contribution in [2.45, 2.75) is 51.6 Å². The molecule has 0 N–H and O–H groups in total. The number of hydrogen-bond donors (Lipinski definition) is 0. The van der Waals surface area contributed by atoms with Gasteiger partial charge in [0.2, 0.25) is 6.79 Å². The van der Waals surface area contributed by atoms with E-state index in [1.807, 2.05) is 18.2 Å². The molecule has 1 heterocycles. The zero-order valence-corrected chi connectivity index (χ0v) is 16.2. The molecule has 1 atom stereocenters. The van der Waals surface area contributed by atoms with Crippen LogP contribution in [0.3, 0.4) is 0 Å². The van der Waals surface area contributed by atoms with Gasteiger partial charge in [0.05, 0.1) is 0 Å². The minimum absolute atomic E-state index is 0.136. The summed E-state index contributed by atoms with van der Waals surface area (Å²) in [5.41, 5.74) is 0.580. The number of carbonyl (C=O) groups is 2. The number of ketones is 1. The second-order valence-electron chi connectivity index (χ2n) is 9.09. The van der Waals surface area contributed by atoms with Crippen LogP contribution >= 0.6 is 0 Å². The minimum atomic E-state index is -0.690. The maximum absolute atomic E-state index is 13.2. The summed E-state index contributed by atoms with van der Waals surface area (Å²) in [6.45, 7) is 1.95. The second-order valence-corrected chi connectivity index (χ2v) is 9.09. The van der Waals surface area contributed by atoms with Crippen molar-refractivity contribution in [3.05, 3.63) is 29.8 Å². The van der Waals surface area contributed by atoms with E-state index in [9.17, 15) is 9.59 Å². The predicted molar refractivity (Wildman–Crippen MR) is 103 cm³/mol. The number of ether oxygens (including phenoxy) is 3. The van der Waals surface area contributed by atoms with Crippen LogP contribution in [0.1, 0.15) is 51.0 Å². The van der Waals surface area contributed by atoms with Crippen LogP contribution in [0.5, 0.6) is 11.5 Å². The normalized spacial score (nSPS) is 33.2. The summed E-state index contributed by atoms with van der Waals surface area (Å²) in [6, 6.07) is 5.48. The van der Waals surface area contributed by atoms with Gasteiger partial charge in [-0.05, 0) is 87.0 Å². The molecule has 5 heteroatoms. The van der Waals surface area contributed by atoms with E-state index in [0.717, 1.165) is 24.8 Å².